The van der Waals surface area contributed by atoms with Gasteiger partial charge in [-0.1, -0.05) is 65.1 Å². The van der Waals surface area contributed by atoms with Crippen molar-refractivity contribution in [1.82, 2.24) is 14.5 Å². The number of nitrogens with one attached hydrogen (secondary N) is 1. The largest absolute Gasteiger partial charge is 0.336 e. The Morgan fingerprint density at radius 2 is 1.70 bits per heavy atom. The van der Waals surface area contributed by atoms with Crippen molar-refractivity contribution >= 4 is 66.4 Å². The summed E-state index contributed by atoms with van der Waals surface area (Å²) >= 11 is 17.8. The van der Waals surface area contributed by atoms with Gasteiger partial charge in [0, 0.05) is 53.5 Å². The van der Waals surface area contributed by atoms with Crippen LogP contribution in [0.4, 0.5) is 0 Å². The fraction of sp³-hybridized carbons (Fsp3) is 0.346. The van der Waals surface area contributed by atoms with E-state index in [2.05, 4.69) is 49.8 Å². The topological polar surface area (TPSA) is 69.7 Å². The average molecular weight is 645 g/mol. The van der Waals surface area contributed by atoms with E-state index in [1.807, 2.05) is 26.0 Å². The molecule has 0 spiro atoms. The van der Waals surface area contributed by atoms with Crippen LogP contribution in [-0.4, -0.2) is 56.8 Å². The van der Waals surface area contributed by atoms with Crippen LogP contribution in [0.5, 0.6) is 0 Å². The molecule has 1 aliphatic heterocycles. The van der Waals surface area contributed by atoms with Crippen LogP contribution in [-0.2, 0) is 16.6 Å². The van der Waals surface area contributed by atoms with Gasteiger partial charge < -0.3 is 4.90 Å². The summed E-state index contributed by atoms with van der Waals surface area (Å²) < 4.78 is 29.1. The number of halogens is 3. The number of amides is 1. The summed E-state index contributed by atoms with van der Waals surface area (Å²) in [5, 5.41) is 0.125. The molecule has 1 fully saturated rings. The monoisotopic (exact) mass is 643 g/mol. The van der Waals surface area contributed by atoms with Crippen molar-refractivity contribution < 1.29 is 13.2 Å². The Morgan fingerprint density at radius 3 is 2.35 bits per heavy atom. The van der Waals surface area contributed by atoms with Gasteiger partial charge in [0.1, 0.15) is 4.90 Å². The second kappa shape index (κ2) is 12.2. The van der Waals surface area contributed by atoms with Crippen molar-refractivity contribution in [3.8, 4) is 10.4 Å². The predicted molar refractivity (Wildman–Crippen MR) is 155 cm³/mol. The molecule has 37 heavy (non-hydrogen) atoms. The van der Waals surface area contributed by atoms with E-state index in [1.165, 1.54) is 27.5 Å². The van der Waals surface area contributed by atoms with Crippen LogP contribution in [0.1, 0.15) is 29.1 Å². The van der Waals surface area contributed by atoms with Crippen LogP contribution >= 0.6 is 50.5 Å². The van der Waals surface area contributed by atoms with E-state index in [-0.39, 0.29) is 38.9 Å². The van der Waals surface area contributed by atoms with Crippen molar-refractivity contribution in [3.63, 3.8) is 0 Å². The summed E-state index contributed by atoms with van der Waals surface area (Å²) in [6.07, 6.45) is 0. The summed E-state index contributed by atoms with van der Waals surface area (Å²) in [6.45, 7) is 7.36. The van der Waals surface area contributed by atoms with Crippen LogP contribution < -0.4 is 4.72 Å². The minimum atomic E-state index is -3.87. The summed E-state index contributed by atoms with van der Waals surface area (Å²) in [5.74, 6) is -0.171. The fourth-order valence-corrected chi connectivity index (χ4v) is 7.37. The minimum absolute atomic E-state index is 0.0129. The number of benzene rings is 2. The lowest BCUT2D eigenvalue weighted by Crippen LogP contribution is -2.48. The lowest BCUT2D eigenvalue weighted by Gasteiger charge is -2.34. The summed E-state index contributed by atoms with van der Waals surface area (Å²) in [7, 11) is -3.87. The first-order valence-electron chi connectivity index (χ1n) is 11.9. The van der Waals surface area contributed by atoms with Crippen LogP contribution in [0, 0.1) is 5.92 Å². The van der Waals surface area contributed by atoms with Gasteiger partial charge in [-0.3, -0.25) is 9.69 Å². The second-order valence-electron chi connectivity index (χ2n) is 9.35. The molecule has 1 N–H and O–H groups in total. The molecule has 0 atom stereocenters. The van der Waals surface area contributed by atoms with Crippen LogP contribution in [0.15, 0.2) is 57.9 Å². The van der Waals surface area contributed by atoms with E-state index in [9.17, 15) is 13.2 Å². The molecule has 2 aromatic carbocycles. The smallest absolute Gasteiger partial charge is 0.255 e. The Hall–Kier alpha value is -1.46. The van der Waals surface area contributed by atoms with E-state index in [4.69, 9.17) is 23.2 Å². The number of piperazine rings is 1. The molecule has 1 aliphatic rings. The minimum Gasteiger partial charge on any atom is -0.336 e. The standard InChI is InChI=1S/C26H28BrCl2N3O3S2/c1-17(2)15-30-37(34,35)25-13-21(22(28)14-23(25)29)26(33)32-11-9-31(10-12-32)16-20-7-8-24(36-20)18-3-5-19(27)6-4-18/h3-8,13-14,17,30H,9-12,15-16H2,1-2H3. The van der Waals surface area contributed by atoms with Crippen molar-refractivity contribution in [2.24, 2.45) is 5.92 Å². The molecule has 6 nitrogen and oxygen atoms in total. The molecule has 0 radical (unpaired) electrons. The van der Waals surface area contributed by atoms with Gasteiger partial charge in [-0.2, -0.15) is 0 Å². The third-order valence-corrected chi connectivity index (χ3v) is 9.90. The van der Waals surface area contributed by atoms with Crippen molar-refractivity contribution in [2.75, 3.05) is 32.7 Å². The molecular formula is C26H28BrCl2N3O3S2. The molecule has 0 saturated carbocycles. The summed E-state index contributed by atoms with van der Waals surface area (Å²) in [5.41, 5.74) is 1.33. The second-order valence-corrected chi connectivity index (χ2v) is 14.0. The van der Waals surface area contributed by atoms with Gasteiger partial charge in [0.25, 0.3) is 5.91 Å². The molecule has 3 aromatic rings. The van der Waals surface area contributed by atoms with Gasteiger partial charge >= 0.3 is 0 Å². The Labute approximate surface area is 240 Å². The maximum Gasteiger partial charge on any atom is 0.255 e. The molecule has 1 amide bonds. The lowest BCUT2D eigenvalue weighted by atomic mass is 10.1. The number of nitrogens with zero attached hydrogens (tertiary/aromatic N) is 2. The Balaban J connectivity index is 1.40. The van der Waals surface area contributed by atoms with Crippen molar-refractivity contribution in [1.29, 1.82) is 0 Å². The van der Waals surface area contributed by atoms with Crippen LogP contribution in [0.3, 0.4) is 0 Å². The van der Waals surface area contributed by atoms with Crippen LogP contribution in [0.2, 0.25) is 10.0 Å². The van der Waals surface area contributed by atoms with Gasteiger partial charge in [-0.05, 0) is 47.9 Å². The van der Waals surface area contributed by atoms with Gasteiger partial charge in [-0.25, -0.2) is 13.1 Å². The molecule has 1 aromatic heterocycles. The molecule has 0 aliphatic carbocycles. The first kappa shape index (κ1) is 28.5. The number of sulfonamides is 1. The SMILES string of the molecule is CC(C)CNS(=O)(=O)c1cc(C(=O)N2CCN(Cc3ccc(-c4ccc(Br)cc4)s3)CC2)c(Cl)cc1Cl. The zero-order chi connectivity index (χ0) is 26.7. The average Bonchev–Trinajstić information content (AvgIpc) is 3.31. The first-order valence-corrected chi connectivity index (χ1v) is 15.7. The van der Waals surface area contributed by atoms with Crippen molar-refractivity contribution in [3.05, 3.63) is 73.5 Å². The summed E-state index contributed by atoms with van der Waals surface area (Å²) in [6, 6.07) is 15.2. The maximum atomic E-state index is 13.3. The number of hydrogen-bond donors (Lipinski definition) is 1. The molecule has 4 rings (SSSR count). The van der Waals surface area contributed by atoms with E-state index >= 15 is 0 Å². The third kappa shape index (κ3) is 7.15. The van der Waals surface area contributed by atoms with E-state index in [0.29, 0.717) is 26.2 Å². The predicted octanol–water partition coefficient (Wildman–Crippen LogP) is 6.38. The van der Waals surface area contributed by atoms with E-state index in [0.717, 1.165) is 11.0 Å². The number of hydrogen-bond acceptors (Lipinski definition) is 5. The molecule has 198 valence electrons. The van der Waals surface area contributed by atoms with Gasteiger partial charge in [0.2, 0.25) is 10.0 Å². The normalized spacial score (nSPS) is 14.9. The molecule has 11 heteroatoms. The highest BCUT2D eigenvalue weighted by Crippen LogP contribution is 2.31. The van der Waals surface area contributed by atoms with Gasteiger partial charge in [-0.15, -0.1) is 11.3 Å². The van der Waals surface area contributed by atoms with Gasteiger partial charge in [0.15, 0.2) is 0 Å². The molecule has 2 heterocycles. The van der Waals surface area contributed by atoms with Crippen molar-refractivity contribution in [2.45, 2.75) is 25.3 Å². The van der Waals surface area contributed by atoms with E-state index in [1.54, 1.807) is 16.2 Å². The number of carbonyl (C=O) groups excluding carboxylic acids is 1. The molecule has 0 bridgehead atoms. The van der Waals surface area contributed by atoms with E-state index < -0.39 is 10.0 Å². The highest BCUT2D eigenvalue weighted by molar-refractivity contribution is 9.10. The third-order valence-electron chi connectivity index (χ3n) is 6.05. The first-order chi connectivity index (χ1) is 17.5. The highest BCUT2D eigenvalue weighted by atomic mass is 79.9. The van der Waals surface area contributed by atoms with Gasteiger partial charge in [0.05, 0.1) is 15.6 Å². The Kier molecular flexibility index (Phi) is 9.38. The number of thiophene rings is 1. The lowest BCUT2D eigenvalue weighted by molar-refractivity contribution is 0.0629. The quantitative estimate of drug-likeness (QED) is 0.309. The van der Waals surface area contributed by atoms with Crippen LogP contribution in [0.25, 0.3) is 10.4 Å². The number of carbonyl (C=O) groups is 1. The number of rotatable bonds is 8. The fourth-order valence-electron chi connectivity index (χ4n) is 3.99. The highest BCUT2D eigenvalue weighted by Gasteiger charge is 2.27. The molecular weight excluding hydrogens is 617 g/mol. The Bertz CT molecular complexity index is 1370. The zero-order valence-corrected chi connectivity index (χ0v) is 25.2. The Morgan fingerprint density at radius 1 is 1.03 bits per heavy atom. The maximum absolute atomic E-state index is 13.3. The summed E-state index contributed by atoms with van der Waals surface area (Å²) in [4.78, 5) is 19.7. The molecule has 0 unspecified atom stereocenters. The zero-order valence-electron chi connectivity index (χ0n) is 20.5. The molecule has 1 saturated heterocycles.